The standard InChI is InChI=1S/C19H19ClN4O2S/c1-10-3-8-14-15(9-10)27-18-16(14)19(26)24(23-22-18)11(2)17(25)21-13-6-4-12(20)5-7-13/h4-7,10-11H,3,8-9H2,1-2H3,(H,21,25)/t10-,11-/m1/s1. The van der Waals surface area contributed by atoms with Crippen molar-refractivity contribution in [1.82, 2.24) is 15.0 Å². The molecule has 1 aromatic carbocycles. The highest BCUT2D eigenvalue weighted by atomic mass is 35.5. The Labute approximate surface area is 165 Å². The lowest BCUT2D eigenvalue weighted by atomic mass is 9.89. The van der Waals surface area contributed by atoms with Crippen LogP contribution in [0.1, 0.15) is 36.8 Å². The van der Waals surface area contributed by atoms with Crippen molar-refractivity contribution in [2.45, 2.75) is 39.2 Å². The van der Waals surface area contributed by atoms with Crippen LogP contribution in [-0.2, 0) is 17.6 Å². The topological polar surface area (TPSA) is 76.9 Å². The monoisotopic (exact) mass is 402 g/mol. The average molecular weight is 403 g/mol. The lowest BCUT2D eigenvalue weighted by Gasteiger charge is -2.17. The third kappa shape index (κ3) is 3.37. The molecule has 0 bridgehead atoms. The normalized spacial score (nSPS) is 17.5. The van der Waals surface area contributed by atoms with E-state index in [9.17, 15) is 9.59 Å². The molecule has 4 rings (SSSR count). The summed E-state index contributed by atoms with van der Waals surface area (Å²) in [4.78, 5) is 27.5. The molecule has 3 aromatic rings. The molecular weight excluding hydrogens is 384 g/mol. The van der Waals surface area contributed by atoms with Gasteiger partial charge in [0, 0.05) is 15.6 Å². The SMILES string of the molecule is C[C@@H]1CCc2c(sc3nnn([C@H](C)C(=O)Nc4ccc(Cl)cc4)c(=O)c23)C1. The van der Waals surface area contributed by atoms with Crippen LogP contribution in [0, 0.1) is 5.92 Å². The minimum atomic E-state index is -0.775. The Hall–Kier alpha value is -2.25. The fourth-order valence-corrected chi connectivity index (χ4v) is 4.86. The van der Waals surface area contributed by atoms with E-state index in [-0.39, 0.29) is 11.5 Å². The smallest absolute Gasteiger partial charge is 0.279 e. The number of hydrogen-bond acceptors (Lipinski definition) is 5. The zero-order valence-corrected chi connectivity index (χ0v) is 16.6. The van der Waals surface area contributed by atoms with Gasteiger partial charge in [0.05, 0.1) is 5.39 Å². The first kappa shape index (κ1) is 18.1. The van der Waals surface area contributed by atoms with Gasteiger partial charge < -0.3 is 5.32 Å². The van der Waals surface area contributed by atoms with Gasteiger partial charge in [-0.2, -0.15) is 4.68 Å². The van der Waals surface area contributed by atoms with Gasteiger partial charge in [-0.05, 0) is 61.9 Å². The number of fused-ring (bicyclic) bond motifs is 3. The third-order valence-corrected chi connectivity index (χ3v) is 6.40. The predicted octanol–water partition coefficient (Wildman–Crippen LogP) is 3.83. The van der Waals surface area contributed by atoms with Gasteiger partial charge in [0.2, 0.25) is 5.91 Å². The second-order valence-electron chi connectivity index (χ2n) is 7.04. The summed E-state index contributed by atoms with van der Waals surface area (Å²) in [5.41, 5.74) is 1.46. The van der Waals surface area contributed by atoms with Crippen molar-refractivity contribution in [3.05, 3.63) is 50.1 Å². The minimum absolute atomic E-state index is 0.245. The summed E-state index contributed by atoms with van der Waals surface area (Å²) in [5.74, 6) is 0.288. The summed E-state index contributed by atoms with van der Waals surface area (Å²) in [5, 5.41) is 12.3. The maximum Gasteiger partial charge on any atom is 0.279 e. The van der Waals surface area contributed by atoms with E-state index in [2.05, 4.69) is 22.6 Å². The largest absolute Gasteiger partial charge is 0.324 e. The van der Waals surface area contributed by atoms with Crippen LogP contribution in [0.25, 0.3) is 10.2 Å². The summed E-state index contributed by atoms with van der Waals surface area (Å²) < 4.78 is 1.18. The molecule has 8 heteroatoms. The first-order valence-corrected chi connectivity index (χ1v) is 10.1. The fraction of sp³-hybridized carbons (Fsp3) is 0.368. The quantitative estimate of drug-likeness (QED) is 0.722. The number of benzene rings is 1. The number of carbonyl (C=O) groups excluding carboxylic acids is 1. The highest BCUT2D eigenvalue weighted by Crippen LogP contribution is 2.35. The molecule has 1 amide bonds. The zero-order valence-electron chi connectivity index (χ0n) is 15.0. The van der Waals surface area contributed by atoms with Gasteiger partial charge >= 0.3 is 0 Å². The maximum absolute atomic E-state index is 13.1. The number of aromatic nitrogens is 3. The van der Waals surface area contributed by atoms with Gasteiger partial charge in [-0.3, -0.25) is 9.59 Å². The number of aryl methyl sites for hydroxylation is 1. The predicted molar refractivity (Wildman–Crippen MR) is 108 cm³/mol. The van der Waals surface area contributed by atoms with Crippen molar-refractivity contribution < 1.29 is 4.79 Å². The van der Waals surface area contributed by atoms with E-state index in [0.717, 1.165) is 24.8 Å². The Morgan fingerprint density at radius 3 is 2.85 bits per heavy atom. The van der Waals surface area contributed by atoms with Crippen LogP contribution in [0.15, 0.2) is 29.1 Å². The molecule has 0 fully saturated rings. The zero-order chi connectivity index (χ0) is 19.1. The van der Waals surface area contributed by atoms with Crippen molar-refractivity contribution >= 4 is 44.7 Å². The number of thiophene rings is 1. The molecule has 0 unspecified atom stereocenters. The van der Waals surface area contributed by atoms with Gasteiger partial charge in [0.1, 0.15) is 6.04 Å². The number of hydrogen-bond donors (Lipinski definition) is 1. The summed E-state index contributed by atoms with van der Waals surface area (Å²) in [6, 6.07) is 6.03. The Kier molecular flexibility index (Phi) is 4.74. The van der Waals surface area contributed by atoms with Crippen molar-refractivity contribution in [3.8, 4) is 0 Å². The van der Waals surface area contributed by atoms with Crippen LogP contribution in [0.5, 0.6) is 0 Å². The number of anilines is 1. The molecule has 2 heterocycles. The molecule has 0 aliphatic heterocycles. The van der Waals surface area contributed by atoms with Crippen molar-refractivity contribution in [2.75, 3.05) is 5.32 Å². The van der Waals surface area contributed by atoms with Crippen molar-refractivity contribution in [3.63, 3.8) is 0 Å². The molecule has 2 aromatic heterocycles. The number of amides is 1. The summed E-state index contributed by atoms with van der Waals surface area (Å²) in [6.45, 7) is 3.87. The van der Waals surface area contributed by atoms with Crippen LogP contribution in [-0.4, -0.2) is 20.9 Å². The fourth-order valence-electron chi connectivity index (χ4n) is 3.42. The van der Waals surface area contributed by atoms with Gasteiger partial charge in [0.15, 0.2) is 4.83 Å². The molecule has 27 heavy (non-hydrogen) atoms. The first-order chi connectivity index (χ1) is 12.9. The van der Waals surface area contributed by atoms with Crippen LogP contribution >= 0.6 is 22.9 Å². The van der Waals surface area contributed by atoms with E-state index in [0.29, 0.717) is 26.8 Å². The third-order valence-electron chi connectivity index (χ3n) is 5.01. The minimum Gasteiger partial charge on any atom is -0.324 e. The summed E-state index contributed by atoms with van der Waals surface area (Å²) >= 11 is 7.41. The lowest BCUT2D eigenvalue weighted by molar-refractivity contribution is -0.119. The van der Waals surface area contributed by atoms with E-state index in [1.165, 1.54) is 9.56 Å². The lowest BCUT2D eigenvalue weighted by Crippen LogP contribution is -2.34. The van der Waals surface area contributed by atoms with Gasteiger partial charge in [-0.15, -0.1) is 16.4 Å². The van der Waals surface area contributed by atoms with Crippen LogP contribution in [0.2, 0.25) is 5.02 Å². The molecule has 2 atom stereocenters. The van der Waals surface area contributed by atoms with Gasteiger partial charge in [-0.1, -0.05) is 23.7 Å². The summed E-state index contributed by atoms with van der Waals surface area (Å²) in [6.07, 6.45) is 2.92. The van der Waals surface area contributed by atoms with E-state index in [1.807, 2.05) is 0 Å². The van der Waals surface area contributed by atoms with Gasteiger partial charge in [0.25, 0.3) is 5.56 Å². The van der Waals surface area contributed by atoms with E-state index in [4.69, 9.17) is 11.6 Å². The Morgan fingerprint density at radius 2 is 2.11 bits per heavy atom. The number of nitrogens with zero attached hydrogens (tertiary/aromatic N) is 3. The Balaban J connectivity index is 1.66. The average Bonchev–Trinajstić information content (AvgIpc) is 3.01. The number of halogens is 1. The van der Waals surface area contributed by atoms with Crippen molar-refractivity contribution in [1.29, 1.82) is 0 Å². The second kappa shape index (κ2) is 7.05. The van der Waals surface area contributed by atoms with E-state index >= 15 is 0 Å². The van der Waals surface area contributed by atoms with E-state index in [1.54, 1.807) is 42.5 Å². The molecule has 1 aliphatic rings. The highest BCUT2D eigenvalue weighted by molar-refractivity contribution is 7.18. The molecule has 0 saturated heterocycles. The number of carbonyl (C=O) groups is 1. The molecular formula is C19H19ClN4O2S. The van der Waals surface area contributed by atoms with E-state index < -0.39 is 6.04 Å². The van der Waals surface area contributed by atoms with Crippen LogP contribution in [0.4, 0.5) is 5.69 Å². The maximum atomic E-state index is 13.1. The Bertz CT molecular complexity index is 1070. The number of rotatable bonds is 3. The van der Waals surface area contributed by atoms with Crippen LogP contribution < -0.4 is 10.9 Å². The molecule has 1 N–H and O–H groups in total. The molecule has 1 aliphatic carbocycles. The molecule has 140 valence electrons. The van der Waals surface area contributed by atoms with Crippen molar-refractivity contribution in [2.24, 2.45) is 5.92 Å². The summed E-state index contributed by atoms with van der Waals surface area (Å²) in [7, 11) is 0. The molecule has 0 saturated carbocycles. The molecule has 0 radical (unpaired) electrons. The van der Waals surface area contributed by atoms with Gasteiger partial charge in [-0.25, -0.2) is 0 Å². The molecule has 0 spiro atoms. The Morgan fingerprint density at radius 1 is 1.37 bits per heavy atom. The van der Waals surface area contributed by atoms with Crippen LogP contribution in [0.3, 0.4) is 0 Å². The first-order valence-electron chi connectivity index (χ1n) is 8.90. The second-order valence-corrected chi connectivity index (χ2v) is 8.56. The number of nitrogens with one attached hydrogen (secondary N) is 1. The molecule has 6 nitrogen and oxygen atoms in total. The highest BCUT2D eigenvalue weighted by Gasteiger charge is 2.26.